The van der Waals surface area contributed by atoms with Crippen molar-refractivity contribution in [3.8, 4) is 0 Å². The van der Waals surface area contributed by atoms with Gasteiger partial charge in [-0.1, -0.05) is 24.3 Å². The molecule has 20 heavy (non-hydrogen) atoms. The average molecular weight is 308 g/mol. The van der Waals surface area contributed by atoms with E-state index in [9.17, 15) is 8.42 Å². The second kappa shape index (κ2) is 5.87. The lowest BCUT2D eigenvalue weighted by Crippen LogP contribution is -2.12. The van der Waals surface area contributed by atoms with Crippen LogP contribution in [-0.4, -0.2) is 8.42 Å². The summed E-state index contributed by atoms with van der Waals surface area (Å²) < 4.78 is 22.7. The first-order valence-corrected chi connectivity index (χ1v) is 8.51. The quantitative estimate of drug-likeness (QED) is 0.671. The van der Waals surface area contributed by atoms with Crippen LogP contribution in [0, 0.1) is 6.92 Å². The molecule has 0 aliphatic carbocycles. The molecule has 0 bridgehead atoms. The summed E-state index contributed by atoms with van der Waals surface area (Å²) >= 11 is 1.50. The predicted octanol–water partition coefficient (Wildman–Crippen LogP) is 2.52. The molecular formula is C14H16N2O2S2. The third-order valence-corrected chi connectivity index (χ3v) is 4.99. The summed E-state index contributed by atoms with van der Waals surface area (Å²) in [6.07, 6.45) is 0. The first-order chi connectivity index (χ1) is 9.38. The van der Waals surface area contributed by atoms with E-state index in [0.29, 0.717) is 5.69 Å². The van der Waals surface area contributed by atoms with E-state index in [-0.39, 0.29) is 4.90 Å². The van der Waals surface area contributed by atoms with Crippen LogP contribution in [-0.2, 0) is 15.8 Å². The summed E-state index contributed by atoms with van der Waals surface area (Å²) in [5, 5.41) is 5.13. The Morgan fingerprint density at radius 2 is 1.85 bits per heavy atom. The van der Waals surface area contributed by atoms with Crippen LogP contribution in [0.1, 0.15) is 11.1 Å². The van der Waals surface area contributed by atoms with Gasteiger partial charge in [0.1, 0.15) is 0 Å². The molecule has 106 valence electrons. The monoisotopic (exact) mass is 308 g/mol. The molecule has 0 fully saturated rings. The Morgan fingerprint density at radius 1 is 1.15 bits per heavy atom. The molecular weight excluding hydrogens is 292 g/mol. The van der Waals surface area contributed by atoms with Gasteiger partial charge in [0, 0.05) is 16.3 Å². The van der Waals surface area contributed by atoms with E-state index in [4.69, 9.17) is 10.9 Å². The summed E-state index contributed by atoms with van der Waals surface area (Å²) in [6, 6.07) is 12.6. The second-order valence-corrected chi connectivity index (χ2v) is 7.04. The molecule has 0 radical (unpaired) electrons. The zero-order valence-electron chi connectivity index (χ0n) is 11.0. The van der Waals surface area contributed by atoms with E-state index < -0.39 is 10.0 Å². The molecule has 4 nitrogen and oxygen atoms in total. The number of rotatable bonds is 4. The molecule has 0 atom stereocenters. The molecule has 0 aromatic heterocycles. The number of thioether (sulfide) groups is 1. The number of nitrogens with two attached hydrogens (primary N) is 2. The van der Waals surface area contributed by atoms with E-state index in [0.717, 1.165) is 10.6 Å². The number of aryl methyl sites for hydroxylation is 1. The molecule has 0 aliphatic rings. The van der Waals surface area contributed by atoms with Crippen molar-refractivity contribution in [3.05, 3.63) is 53.6 Å². The van der Waals surface area contributed by atoms with Crippen molar-refractivity contribution >= 4 is 27.5 Å². The number of anilines is 1. The number of primary sulfonamides is 1. The maximum absolute atomic E-state index is 11.4. The number of sulfonamides is 1. The maximum Gasteiger partial charge on any atom is 0.238 e. The van der Waals surface area contributed by atoms with E-state index in [1.807, 2.05) is 31.2 Å². The lowest BCUT2D eigenvalue weighted by molar-refractivity contribution is 0.597. The molecule has 4 N–H and O–H groups in total. The third-order valence-electron chi connectivity index (χ3n) is 2.96. The topological polar surface area (TPSA) is 86.2 Å². The van der Waals surface area contributed by atoms with Gasteiger partial charge in [-0.25, -0.2) is 13.6 Å². The fourth-order valence-corrected chi connectivity index (χ4v) is 3.44. The van der Waals surface area contributed by atoms with Crippen LogP contribution in [0.15, 0.2) is 52.3 Å². The summed E-state index contributed by atoms with van der Waals surface area (Å²) in [6.45, 7) is 2.04. The van der Waals surface area contributed by atoms with Crippen LogP contribution in [0.2, 0.25) is 0 Å². The molecule has 0 heterocycles. The van der Waals surface area contributed by atoms with Gasteiger partial charge in [0.2, 0.25) is 10.0 Å². The standard InChI is InChI=1S/C14H16N2O2S2/c1-10-4-2-3-5-11(10)9-19-14-8-12(20(16,17)18)6-7-13(14)15/h2-8H,9,15H2,1H3,(H2,16,17,18). The first kappa shape index (κ1) is 14.9. The SMILES string of the molecule is Cc1ccccc1CSc1cc(S(N)(=O)=O)ccc1N. The van der Waals surface area contributed by atoms with Gasteiger partial charge in [0.05, 0.1) is 4.90 Å². The molecule has 0 amide bonds. The van der Waals surface area contributed by atoms with Crippen LogP contribution >= 0.6 is 11.8 Å². The van der Waals surface area contributed by atoms with Crippen molar-refractivity contribution in [2.24, 2.45) is 5.14 Å². The van der Waals surface area contributed by atoms with Crippen LogP contribution < -0.4 is 10.9 Å². The van der Waals surface area contributed by atoms with Gasteiger partial charge in [-0.05, 0) is 36.2 Å². The minimum atomic E-state index is -3.70. The molecule has 0 aliphatic heterocycles. The molecule has 2 aromatic carbocycles. The van der Waals surface area contributed by atoms with E-state index >= 15 is 0 Å². The highest BCUT2D eigenvalue weighted by Crippen LogP contribution is 2.30. The zero-order valence-corrected chi connectivity index (χ0v) is 12.7. The molecule has 2 aromatic rings. The van der Waals surface area contributed by atoms with E-state index in [2.05, 4.69) is 0 Å². The fourth-order valence-electron chi connectivity index (χ4n) is 1.74. The highest BCUT2D eigenvalue weighted by atomic mass is 32.2. The lowest BCUT2D eigenvalue weighted by atomic mass is 10.1. The fraction of sp³-hybridized carbons (Fsp3) is 0.143. The smallest absolute Gasteiger partial charge is 0.238 e. The third kappa shape index (κ3) is 3.53. The lowest BCUT2D eigenvalue weighted by Gasteiger charge is -2.09. The number of hydrogen-bond donors (Lipinski definition) is 2. The van der Waals surface area contributed by atoms with Crippen molar-refractivity contribution in [1.29, 1.82) is 0 Å². The van der Waals surface area contributed by atoms with Gasteiger partial charge in [-0.2, -0.15) is 0 Å². The van der Waals surface area contributed by atoms with Crippen molar-refractivity contribution in [2.75, 3.05) is 5.73 Å². The van der Waals surface area contributed by atoms with Gasteiger partial charge in [0.25, 0.3) is 0 Å². The minimum Gasteiger partial charge on any atom is -0.398 e. The molecule has 0 unspecified atom stereocenters. The summed E-state index contributed by atoms with van der Waals surface area (Å²) in [7, 11) is -3.70. The Balaban J connectivity index is 2.24. The van der Waals surface area contributed by atoms with Gasteiger partial charge in [0.15, 0.2) is 0 Å². The molecule has 6 heteroatoms. The number of hydrogen-bond acceptors (Lipinski definition) is 4. The van der Waals surface area contributed by atoms with Crippen LogP contribution in [0.4, 0.5) is 5.69 Å². The molecule has 0 saturated heterocycles. The molecule has 2 rings (SSSR count). The Morgan fingerprint density at radius 3 is 2.50 bits per heavy atom. The van der Waals surface area contributed by atoms with Crippen molar-refractivity contribution in [1.82, 2.24) is 0 Å². The first-order valence-electron chi connectivity index (χ1n) is 5.97. The van der Waals surface area contributed by atoms with Crippen molar-refractivity contribution in [2.45, 2.75) is 22.5 Å². The van der Waals surface area contributed by atoms with E-state index in [1.54, 1.807) is 6.07 Å². The zero-order chi connectivity index (χ0) is 14.8. The highest BCUT2D eigenvalue weighted by molar-refractivity contribution is 7.98. The summed E-state index contributed by atoms with van der Waals surface area (Å²) in [5.41, 5.74) is 8.82. The van der Waals surface area contributed by atoms with Gasteiger partial charge in [-0.3, -0.25) is 0 Å². The second-order valence-electron chi connectivity index (χ2n) is 4.46. The normalized spacial score (nSPS) is 11.5. The van der Waals surface area contributed by atoms with Gasteiger partial charge in [-0.15, -0.1) is 11.8 Å². The Hall–Kier alpha value is -1.50. The van der Waals surface area contributed by atoms with E-state index in [1.165, 1.54) is 35.0 Å². The van der Waals surface area contributed by atoms with Crippen LogP contribution in [0.25, 0.3) is 0 Å². The largest absolute Gasteiger partial charge is 0.398 e. The molecule has 0 spiro atoms. The maximum atomic E-state index is 11.4. The van der Waals surface area contributed by atoms with Crippen LogP contribution in [0.3, 0.4) is 0 Å². The Bertz CT molecular complexity index is 728. The highest BCUT2D eigenvalue weighted by Gasteiger charge is 2.11. The van der Waals surface area contributed by atoms with Crippen LogP contribution in [0.5, 0.6) is 0 Å². The van der Waals surface area contributed by atoms with Crippen molar-refractivity contribution in [3.63, 3.8) is 0 Å². The molecule has 0 saturated carbocycles. The van der Waals surface area contributed by atoms with Gasteiger partial charge >= 0.3 is 0 Å². The minimum absolute atomic E-state index is 0.0824. The Labute approximate surface area is 123 Å². The Kier molecular flexibility index (Phi) is 4.37. The average Bonchev–Trinajstić information content (AvgIpc) is 2.38. The number of benzene rings is 2. The number of nitrogen functional groups attached to an aromatic ring is 1. The summed E-state index contributed by atoms with van der Waals surface area (Å²) in [4.78, 5) is 0.804. The van der Waals surface area contributed by atoms with Crippen molar-refractivity contribution < 1.29 is 8.42 Å². The predicted molar refractivity (Wildman–Crippen MR) is 83.0 cm³/mol. The summed E-state index contributed by atoms with van der Waals surface area (Å²) in [5.74, 6) is 0.727. The van der Waals surface area contributed by atoms with Gasteiger partial charge < -0.3 is 5.73 Å².